The molecule has 0 spiro atoms. The SMILES string of the molecule is Cn1c2c(c(=O)n(C)c1=O)[C@@H](c1cccs1)NC(=O)N2. The molecule has 0 aromatic carbocycles. The number of rotatable bonds is 1. The van der Waals surface area contributed by atoms with Crippen molar-refractivity contribution in [3.8, 4) is 0 Å². The summed E-state index contributed by atoms with van der Waals surface area (Å²) in [5.74, 6) is 0.250. The van der Waals surface area contributed by atoms with Crippen LogP contribution in [0.25, 0.3) is 0 Å². The molecule has 2 aromatic rings. The zero-order chi connectivity index (χ0) is 14.4. The van der Waals surface area contributed by atoms with Crippen molar-refractivity contribution in [1.82, 2.24) is 14.5 Å². The van der Waals surface area contributed by atoms with Crippen molar-refractivity contribution < 1.29 is 4.79 Å². The maximum Gasteiger partial charge on any atom is 0.332 e. The van der Waals surface area contributed by atoms with Crippen molar-refractivity contribution in [2.75, 3.05) is 5.32 Å². The fraction of sp³-hybridized carbons (Fsp3) is 0.250. The number of nitrogens with one attached hydrogen (secondary N) is 2. The Labute approximate surface area is 117 Å². The lowest BCUT2D eigenvalue weighted by Gasteiger charge is -2.27. The Morgan fingerprint density at radius 3 is 2.60 bits per heavy atom. The van der Waals surface area contributed by atoms with E-state index >= 15 is 0 Å². The van der Waals surface area contributed by atoms with E-state index in [0.717, 1.165) is 9.44 Å². The standard InChI is InChI=1S/C12H12N4O3S/c1-15-9-7(10(17)16(2)12(15)19)8(13-11(18)14-9)6-4-3-5-20-6/h3-5,8H,1-2H3,(H2,13,14,18)/t8-/m1/s1. The van der Waals surface area contributed by atoms with Crippen LogP contribution < -0.4 is 21.9 Å². The number of thiophene rings is 1. The molecule has 1 atom stereocenters. The van der Waals surface area contributed by atoms with E-state index in [-0.39, 0.29) is 5.82 Å². The third kappa shape index (κ3) is 1.68. The van der Waals surface area contributed by atoms with E-state index in [1.54, 1.807) is 0 Å². The molecule has 3 rings (SSSR count). The first-order valence-electron chi connectivity index (χ1n) is 5.91. The summed E-state index contributed by atoms with van der Waals surface area (Å²) in [7, 11) is 2.95. The average Bonchev–Trinajstić information content (AvgIpc) is 2.95. The molecule has 0 saturated carbocycles. The quantitative estimate of drug-likeness (QED) is 0.796. The van der Waals surface area contributed by atoms with Crippen LogP contribution in [0.2, 0.25) is 0 Å². The van der Waals surface area contributed by atoms with E-state index in [9.17, 15) is 14.4 Å². The highest BCUT2D eigenvalue weighted by Gasteiger charge is 2.32. The lowest BCUT2D eigenvalue weighted by Crippen LogP contribution is -2.48. The number of carbonyl (C=O) groups excluding carboxylic acids is 1. The van der Waals surface area contributed by atoms with Gasteiger partial charge in [-0.05, 0) is 11.4 Å². The van der Waals surface area contributed by atoms with Gasteiger partial charge < -0.3 is 5.32 Å². The Hall–Kier alpha value is -2.35. The molecule has 8 heteroatoms. The molecule has 0 fully saturated rings. The molecule has 1 aliphatic heterocycles. The number of hydrogen-bond donors (Lipinski definition) is 2. The molecule has 0 saturated heterocycles. The van der Waals surface area contributed by atoms with Gasteiger partial charge in [0.25, 0.3) is 5.56 Å². The summed E-state index contributed by atoms with van der Waals surface area (Å²) < 4.78 is 2.31. The third-order valence-electron chi connectivity index (χ3n) is 3.32. The average molecular weight is 292 g/mol. The lowest BCUT2D eigenvalue weighted by molar-refractivity contribution is 0.248. The highest BCUT2D eigenvalue weighted by atomic mass is 32.1. The highest BCUT2D eigenvalue weighted by molar-refractivity contribution is 7.10. The maximum atomic E-state index is 12.4. The molecule has 3 heterocycles. The largest absolute Gasteiger partial charge is 0.332 e. The van der Waals surface area contributed by atoms with Gasteiger partial charge in [0.15, 0.2) is 0 Å². The number of fused-ring (bicyclic) bond motifs is 1. The van der Waals surface area contributed by atoms with E-state index in [1.165, 1.54) is 30.0 Å². The van der Waals surface area contributed by atoms with E-state index < -0.39 is 23.3 Å². The molecule has 0 aliphatic carbocycles. The molecule has 2 aromatic heterocycles. The fourth-order valence-corrected chi connectivity index (χ4v) is 3.08. The van der Waals surface area contributed by atoms with Crippen molar-refractivity contribution in [2.24, 2.45) is 14.1 Å². The minimum Gasteiger partial charge on any atom is -0.326 e. The Bertz CT molecular complexity index is 803. The molecule has 104 valence electrons. The summed E-state index contributed by atoms with van der Waals surface area (Å²) in [5, 5.41) is 7.13. The van der Waals surface area contributed by atoms with E-state index in [1.807, 2.05) is 17.5 Å². The highest BCUT2D eigenvalue weighted by Crippen LogP contribution is 2.30. The van der Waals surface area contributed by atoms with Gasteiger partial charge in [0.1, 0.15) is 5.82 Å². The minimum atomic E-state index is -0.538. The zero-order valence-corrected chi connectivity index (χ0v) is 11.7. The number of nitrogens with zero attached hydrogens (tertiary/aromatic N) is 2. The molecular weight excluding hydrogens is 280 g/mol. The molecule has 0 radical (unpaired) electrons. The summed E-state index contributed by atoms with van der Waals surface area (Å²) >= 11 is 1.44. The summed E-state index contributed by atoms with van der Waals surface area (Å²) in [4.78, 5) is 36.9. The summed E-state index contributed by atoms with van der Waals surface area (Å²) in [6, 6.07) is 2.72. The van der Waals surface area contributed by atoms with E-state index in [2.05, 4.69) is 10.6 Å². The fourth-order valence-electron chi connectivity index (χ4n) is 2.30. The predicted molar refractivity (Wildman–Crippen MR) is 75.2 cm³/mol. The summed E-state index contributed by atoms with van der Waals surface area (Å²) in [5.41, 5.74) is -0.508. The Kier molecular flexibility index (Phi) is 2.75. The van der Waals surface area contributed by atoms with Crippen LogP contribution in [0.4, 0.5) is 10.6 Å². The van der Waals surface area contributed by atoms with Crippen LogP contribution in [-0.4, -0.2) is 15.2 Å². The van der Waals surface area contributed by atoms with Crippen LogP contribution in [0.15, 0.2) is 27.1 Å². The van der Waals surface area contributed by atoms with Gasteiger partial charge >= 0.3 is 11.7 Å². The van der Waals surface area contributed by atoms with Gasteiger partial charge in [-0.3, -0.25) is 19.2 Å². The van der Waals surface area contributed by atoms with Crippen molar-refractivity contribution in [2.45, 2.75) is 6.04 Å². The maximum absolute atomic E-state index is 12.4. The predicted octanol–water partition coefficient (Wildman–Crippen LogP) is 0.370. The monoisotopic (exact) mass is 292 g/mol. The Balaban J connectivity index is 2.35. The Morgan fingerprint density at radius 2 is 1.95 bits per heavy atom. The molecule has 1 aliphatic rings. The second-order valence-corrected chi connectivity index (χ2v) is 5.49. The van der Waals surface area contributed by atoms with Crippen LogP contribution in [0.1, 0.15) is 16.5 Å². The molecular formula is C12H12N4O3S. The number of anilines is 1. The first kappa shape index (κ1) is 12.7. The third-order valence-corrected chi connectivity index (χ3v) is 4.26. The molecule has 2 N–H and O–H groups in total. The van der Waals surface area contributed by atoms with Crippen molar-refractivity contribution in [3.63, 3.8) is 0 Å². The first-order valence-corrected chi connectivity index (χ1v) is 6.79. The van der Waals surface area contributed by atoms with Gasteiger partial charge in [-0.25, -0.2) is 9.59 Å². The molecule has 7 nitrogen and oxygen atoms in total. The van der Waals surface area contributed by atoms with E-state index in [0.29, 0.717) is 5.56 Å². The Morgan fingerprint density at radius 1 is 1.20 bits per heavy atom. The van der Waals surface area contributed by atoms with Gasteiger partial charge in [-0.15, -0.1) is 11.3 Å². The lowest BCUT2D eigenvalue weighted by atomic mass is 10.1. The number of hydrogen-bond acceptors (Lipinski definition) is 4. The van der Waals surface area contributed by atoms with Crippen LogP contribution in [-0.2, 0) is 14.1 Å². The minimum absolute atomic E-state index is 0.250. The van der Waals surface area contributed by atoms with Gasteiger partial charge in [0.2, 0.25) is 0 Å². The number of amides is 2. The number of urea groups is 1. The van der Waals surface area contributed by atoms with Crippen LogP contribution in [0, 0.1) is 0 Å². The van der Waals surface area contributed by atoms with E-state index in [4.69, 9.17) is 0 Å². The van der Waals surface area contributed by atoms with Crippen LogP contribution >= 0.6 is 11.3 Å². The van der Waals surface area contributed by atoms with Crippen molar-refractivity contribution in [3.05, 3.63) is 48.8 Å². The molecule has 0 bridgehead atoms. The van der Waals surface area contributed by atoms with Gasteiger partial charge in [-0.2, -0.15) is 0 Å². The second kappa shape index (κ2) is 4.34. The zero-order valence-electron chi connectivity index (χ0n) is 10.8. The molecule has 20 heavy (non-hydrogen) atoms. The summed E-state index contributed by atoms with van der Waals surface area (Å²) in [6.07, 6.45) is 0. The smallest absolute Gasteiger partial charge is 0.326 e. The first-order chi connectivity index (χ1) is 9.50. The van der Waals surface area contributed by atoms with Crippen LogP contribution in [0.5, 0.6) is 0 Å². The van der Waals surface area contributed by atoms with Crippen molar-refractivity contribution in [1.29, 1.82) is 0 Å². The topological polar surface area (TPSA) is 85.1 Å². The van der Waals surface area contributed by atoms with Gasteiger partial charge in [0.05, 0.1) is 11.6 Å². The van der Waals surface area contributed by atoms with Crippen molar-refractivity contribution >= 4 is 23.2 Å². The molecule has 0 unspecified atom stereocenters. The van der Waals surface area contributed by atoms with Crippen LogP contribution in [0.3, 0.4) is 0 Å². The molecule has 2 amide bonds. The van der Waals surface area contributed by atoms with Gasteiger partial charge in [0, 0.05) is 19.0 Å². The normalized spacial score (nSPS) is 17.3. The number of aromatic nitrogens is 2. The summed E-state index contributed by atoms with van der Waals surface area (Å²) in [6.45, 7) is 0. The number of carbonyl (C=O) groups is 1. The van der Waals surface area contributed by atoms with Gasteiger partial charge in [-0.1, -0.05) is 6.07 Å². The second-order valence-electron chi connectivity index (χ2n) is 4.51.